The molecule has 1 aliphatic carbocycles. The van der Waals surface area contributed by atoms with Crippen molar-refractivity contribution in [3.63, 3.8) is 0 Å². The van der Waals surface area contributed by atoms with Crippen molar-refractivity contribution in [1.29, 1.82) is 0 Å². The zero-order valence-electron chi connectivity index (χ0n) is 6.89. The van der Waals surface area contributed by atoms with Gasteiger partial charge in [0, 0.05) is 0 Å². The first kappa shape index (κ1) is 8.63. The third kappa shape index (κ3) is 1.70. The molecule has 0 bridgehead atoms. The second-order valence-corrected chi connectivity index (χ2v) is 3.48. The van der Waals surface area contributed by atoms with Crippen LogP contribution in [0.25, 0.3) is 0 Å². The molecule has 1 aromatic rings. The molecule has 2 N–H and O–H groups in total. The molecule has 2 nitrogen and oxygen atoms in total. The summed E-state index contributed by atoms with van der Waals surface area (Å²) in [6, 6.07) is 3.05. The summed E-state index contributed by atoms with van der Waals surface area (Å²) in [5.41, 5.74) is 5.37. The van der Waals surface area contributed by atoms with E-state index >= 15 is 0 Å². The molecule has 1 saturated carbocycles. The molecule has 2 rings (SSSR count). The lowest BCUT2D eigenvalue weighted by atomic mass is 10.3. The number of ether oxygens (including phenoxy) is 1. The molecule has 0 unspecified atom stereocenters. The highest BCUT2D eigenvalue weighted by molar-refractivity contribution is 6.32. The fraction of sp³-hybridized carbons (Fsp3) is 0.333. The summed E-state index contributed by atoms with van der Waals surface area (Å²) >= 11 is 5.69. The lowest BCUT2D eigenvalue weighted by Gasteiger charge is -2.07. The number of rotatable bonds is 2. The number of nitrogen functional groups attached to an aromatic ring is 1. The monoisotopic (exact) mass is 201 g/mol. The normalized spacial score (nSPS) is 15.8. The molecule has 0 atom stereocenters. The maximum Gasteiger partial charge on any atom is 0.168 e. The third-order valence-electron chi connectivity index (χ3n) is 1.89. The molecule has 4 heteroatoms. The van der Waals surface area contributed by atoms with Crippen LogP contribution in [0.5, 0.6) is 5.75 Å². The molecule has 1 aromatic carbocycles. The van der Waals surface area contributed by atoms with Crippen LogP contribution in [0.2, 0.25) is 5.02 Å². The minimum Gasteiger partial charge on any atom is -0.489 e. The van der Waals surface area contributed by atoms with Gasteiger partial charge in [0.05, 0.1) is 11.8 Å². The van der Waals surface area contributed by atoms with Gasteiger partial charge in [0.2, 0.25) is 0 Å². The standard InChI is InChI=1S/C9H9ClFNO/c10-8-7(13-5-1-2-5)4-3-6(12)9(8)11/h3-5H,1-2,12H2. The fourth-order valence-electron chi connectivity index (χ4n) is 1.00. The van der Waals surface area contributed by atoms with Crippen molar-refractivity contribution in [2.75, 3.05) is 5.73 Å². The molecule has 0 heterocycles. The molecule has 0 saturated heterocycles. The Balaban J connectivity index is 2.29. The van der Waals surface area contributed by atoms with Gasteiger partial charge in [-0.15, -0.1) is 0 Å². The largest absolute Gasteiger partial charge is 0.489 e. The summed E-state index contributed by atoms with van der Waals surface area (Å²) in [7, 11) is 0. The van der Waals surface area contributed by atoms with E-state index in [9.17, 15) is 4.39 Å². The van der Waals surface area contributed by atoms with Crippen molar-refractivity contribution >= 4 is 17.3 Å². The third-order valence-corrected chi connectivity index (χ3v) is 2.25. The van der Waals surface area contributed by atoms with Crippen molar-refractivity contribution in [3.05, 3.63) is 23.0 Å². The summed E-state index contributed by atoms with van der Waals surface area (Å²) in [6.45, 7) is 0. The quantitative estimate of drug-likeness (QED) is 0.747. The predicted molar refractivity (Wildman–Crippen MR) is 49.5 cm³/mol. The zero-order valence-corrected chi connectivity index (χ0v) is 7.64. The summed E-state index contributed by atoms with van der Waals surface area (Å²) in [6.07, 6.45) is 2.24. The van der Waals surface area contributed by atoms with Crippen LogP contribution in [0.1, 0.15) is 12.8 Å². The lowest BCUT2D eigenvalue weighted by molar-refractivity contribution is 0.302. The number of anilines is 1. The Kier molecular flexibility index (Phi) is 2.04. The predicted octanol–water partition coefficient (Wildman–Crippen LogP) is 2.60. The summed E-state index contributed by atoms with van der Waals surface area (Å²) in [4.78, 5) is 0. The number of halogens is 2. The van der Waals surface area contributed by atoms with Gasteiger partial charge in [-0.1, -0.05) is 11.6 Å². The first-order chi connectivity index (χ1) is 6.18. The van der Waals surface area contributed by atoms with Gasteiger partial charge < -0.3 is 10.5 Å². The molecular weight excluding hydrogens is 193 g/mol. The van der Waals surface area contributed by atoms with Gasteiger partial charge >= 0.3 is 0 Å². The summed E-state index contributed by atoms with van der Waals surface area (Å²) < 4.78 is 18.5. The van der Waals surface area contributed by atoms with Gasteiger partial charge in [0.25, 0.3) is 0 Å². The van der Waals surface area contributed by atoms with Crippen LogP contribution in [-0.2, 0) is 0 Å². The molecule has 1 aliphatic rings. The van der Waals surface area contributed by atoms with E-state index in [0.29, 0.717) is 5.75 Å². The minimum atomic E-state index is -0.597. The Labute approximate surface area is 80.4 Å². The van der Waals surface area contributed by atoms with Crippen LogP contribution in [0, 0.1) is 5.82 Å². The second kappa shape index (κ2) is 3.07. The summed E-state index contributed by atoms with van der Waals surface area (Å²) in [5.74, 6) is -0.212. The van der Waals surface area contributed by atoms with Gasteiger partial charge in [0.1, 0.15) is 10.8 Å². The van der Waals surface area contributed by atoms with E-state index in [-0.39, 0.29) is 16.8 Å². The molecule has 70 valence electrons. The SMILES string of the molecule is Nc1ccc(OC2CC2)c(Cl)c1F. The topological polar surface area (TPSA) is 35.2 Å². The smallest absolute Gasteiger partial charge is 0.168 e. The Hall–Kier alpha value is -0.960. The Bertz CT molecular complexity index is 339. The molecule has 13 heavy (non-hydrogen) atoms. The number of hydrogen-bond donors (Lipinski definition) is 1. The molecule has 0 aliphatic heterocycles. The Morgan fingerprint density at radius 3 is 2.77 bits per heavy atom. The highest BCUT2D eigenvalue weighted by atomic mass is 35.5. The maximum absolute atomic E-state index is 13.1. The van der Waals surface area contributed by atoms with E-state index in [4.69, 9.17) is 22.1 Å². The van der Waals surface area contributed by atoms with E-state index in [1.807, 2.05) is 0 Å². The minimum absolute atomic E-state index is 0.0214. The van der Waals surface area contributed by atoms with Crippen LogP contribution >= 0.6 is 11.6 Å². The molecule has 0 aromatic heterocycles. The van der Waals surface area contributed by atoms with Crippen molar-refractivity contribution < 1.29 is 9.13 Å². The van der Waals surface area contributed by atoms with Gasteiger partial charge in [-0.05, 0) is 25.0 Å². The molecule has 1 fully saturated rings. The average Bonchev–Trinajstić information content (AvgIpc) is 2.90. The van der Waals surface area contributed by atoms with Crippen molar-refractivity contribution in [3.8, 4) is 5.75 Å². The van der Waals surface area contributed by atoms with E-state index in [1.165, 1.54) is 6.07 Å². The van der Waals surface area contributed by atoms with Gasteiger partial charge in [-0.3, -0.25) is 0 Å². The fourth-order valence-corrected chi connectivity index (χ4v) is 1.22. The van der Waals surface area contributed by atoms with Gasteiger partial charge in [-0.25, -0.2) is 4.39 Å². The number of benzene rings is 1. The van der Waals surface area contributed by atoms with Crippen molar-refractivity contribution in [2.24, 2.45) is 0 Å². The van der Waals surface area contributed by atoms with Crippen LogP contribution < -0.4 is 10.5 Å². The lowest BCUT2D eigenvalue weighted by Crippen LogP contribution is -1.99. The van der Waals surface area contributed by atoms with Crippen molar-refractivity contribution in [2.45, 2.75) is 18.9 Å². The number of nitrogens with two attached hydrogens (primary N) is 1. The van der Waals surface area contributed by atoms with E-state index in [1.54, 1.807) is 6.07 Å². The Morgan fingerprint density at radius 1 is 1.46 bits per heavy atom. The Morgan fingerprint density at radius 2 is 2.15 bits per heavy atom. The van der Waals surface area contributed by atoms with Gasteiger partial charge in [0.15, 0.2) is 5.82 Å². The van der Waals surface area contributed by atoms with Crippen LogP contribution in [0.3, 0.4) is 0 Å². The van der Waals surface area contributed by atoms with E-state index < -0.39 is 5.82 Å². The molecule has 0 radical (unpaired) electrons. The highest BCUT2D eigenvalue weighted by Gasteiger charge is 2.25. The maximum atomic E-state index is 13.1. The highest BCUT2D eigenvalue weighted by Crippen LogP contribution is 2.35. The first-order valence-electron chi connectivity index (χ1n) is 4.08. The number of hydrogen-bond acceptors (Lipinski definition) is 2. The molecule has 0 amide bonds. The summed E-state index contributed by atoms with van der Waals surface area (Å²) in [5, 5.41) is -0.0214. The van der Waals surface area contributed by atoms with Crippen LogP contribution in [-0.4, -0.2) is 6.10 Å². The van der Waals surface area contributed by atoms with Crippen LogP contribution in [0.15, 0.2) is 12.1 Å². The van der Waals surface area contributed by atoms with Crippen molar-refractivity contribution in [1.82, 2.24) is 0 Å². The van der Waals surface area contributed by atoms with E-state index in [0.717, 1.165) is 12.8 Å². The van der Waals surface area contributed by atoms with Crippen LogP contribution in [0.4, 0.5) is 10.1 Å². The molecular formula is C9H9ClFNO. The first-order valence-corrected chi connectivity index (χ1v) is 4.46. The zero-order chi connectivity index (χ0) is 9.42. The van der Waals surface area contributed by atoms with Gasteiger partial charge in [-0.2, -0.15) is 0 Å². The second-order valence-electron chi connectivity index (χ2n) is 3.10. The molecule has 0 spiro atoms. The average molecular weight is 202 g/mol. The van der Waals surface area contributed by atoms with E-state index in [2.05, 4.69) is 0 Å².